The molecule has 2 aliphatic heterocycles. The first kappa shape index (κ1) is 13.8. The molecule has 0 saturated carbocycles. The van der Waals surface area contributed by atoms with Crippen LogP contribution in [0.15, 0.2) is 0 Å². The number of nitrogens with zero attached hydrogens (tertiary/aromatic N) is 2. The molecule has 0 aliphatic carbocycles. The highest BCUT2D eigenvalue weighted by atomic mass is 16.8. The molecular formula is C11H16N2O6. The predicted octanol–water partition coefficient (Wildman–Crippen LogP) is -0.467. The van der Waals surface area contributed by atoms with Gasteiger partial charge in [-0.25, -0.2) is 4.79 Å². The third-order valence-electron chi connectivity index (χ3n) is 3.08. The largest absolute Gasteiger partial charge is 0.534 e. The lowest BCUT2D eigenvalue weighted by atomic mass is 10.2. The Morgan fingerprint density at radius 3 is 2.47 bits per heavy atom. The monoisotopic (exact) mass is 272 g/mol. The molecular weight excluding hydrogens is 256 g/mol. The van der Waals surface area contributed by atoms with Crippen LogP contribution in [0, 0.1) is 0 Å². The zero-order chi connectivity index (χ0) is 14.0. The van der Waals surface area contributed by atoms with Crippen molar-refractivity contribution < 1.29 is 28.7 Å². The second kappa shape index (κ2) is 5.54. The van der Waals surface area contributed by atoms with Crippen LogP contribution in [0.2, 0.25) is 0 Å². The molecule has 8 nitrogen and oxygen atoms in total. The number of amides is 2. The van der Waals surface area contributed by atoms with Gasteiger partial charge in [-0.15, -0.1) is 0 Å². The molecule has 8 heteroatoms. The standard InChI is InChI=1S/C11H16N2O6/c1-12(2)7-5-17-6-8(7)18-11(16)19-13-9(14)3-4-10(13)15/h7-8H,3-6H2,1-2H3/t7-,8-/m0/s1. The fourth-order valence-corrected chi connectivity index (χ4v) is 2.00. The van der Waals surface area contributed by atoms with Crippen molar-refractivity contribution >= 4 is 18.0 Å². The third kappa shape index (κ3) is 3.02. The van der Waals surface area contributed by atoms with Crippen LogP contribution in [0.4, 0.5) is 4.79 Å². The Hall–Kier alpha value is -1.67. The van der Waals surface area contributed by atoms with E-state index in [9.17, 15) is 14.4 Å². The van der Waals surface area contributed by atoms with E-state index in [2.05, 4.69) is 4.84 Å². The van der Waals surface area contributed by atoms with E-state index in [1.807, 2.05) is 19.0 Å². The van der Waals surface area contributed by atoms with Crippen LogP contribution in [0.1, 0.15) is 12.8 Å². The van der Waals surface area contributed by atoms with Gasteiger partial charge in [-0.3, -0.25) is 14.4 Å². The van der Waals surface area contributed by atoms with Crippen molar-refractivity contribution in [3.63, 3.8) is 0 Å². The van der Waals surface area contributed by atoms with Crippen molar-refractivity contribution in [1.29, 1.82) is 0 Å². The van der Waals surface area contributed by atoms with E-state index in [-0.39, 0.29) is 25.5 Å². The Morgan fingerprint density at radius 2 is 1.89 bits per heavy atom. The quantitative estimate of drug-likeness (QED) is 0.507. The van der Waals surface area contributed by atoms with Gasteiger partial charge >= 0.3 is 6.16 Å². The van der Waals surface area contributed by atoms with Crippen molar-refractivity contribution in [3.8, 4) is 0 Å². The Bertz CT molecular complexity index is 381. The maximum absolute atomic E-state index is 11.5. The van der Waals surface area contributed by atoms with Gasteiger partial charge in [-0.2, -0.15) is 0 Å². The minimum atomic E-state index is -1.06. The van der Waals surface area contributed by atoms with Gasteiger partial charge in [-0.1, -0.05) is 5.06 Å². The summed E-state index contributed by atoms with van der Waals surface area (Å²) in [5.74, 6) is -1.07. The van der Waals surface area contributed by atoms with Gasteiger partial charge in [0.25, 0.3) is 11.8 Å². The molecule has 0 aromatic heterocycles. The van der Waals surface area contributed by atoms with E-state index in [4.69, 9.17) is 9.47 Å². The second-order valence-electron chi connectivity index (χ2n) is 4.65. The highest BCUT2D eigenvalue weighted by molar-refractivity contribution is 6.01. The molecule has 2 atom stereocenters. The van der Waals surface area contributed by atoms with Crippen LogP contribution >= 0.6 is 0 Å². The summed E-state index contributed by atoms with van der Waals surface area (Å²) in [6, 6.07) is -0.0717. The van der Waals surface area contributed by atoms with Gasteiger partial charge < -0.3 is 14.4 Å². The lowest BCUT2D eigenvalue weighted by Crippen LogP contribution is -2.42. The predicted molar refractivity (Wildman–Crippen MR) is 60.7 cm³/mol. The average Bonchev–Trinajstić information content (AvgIpc) is 2.91. The van der Waals surface area contributed by atoms with Gasteiger partial charge in [0.2, 0.25) is 0 Å². The lowest BCUT2D eigenvalue weighted by Gasteiger charge is -2.24. The van der Waals surface area contributed by atoms with E-state index in [1.54, 1.807) is 0 Å². The molecule has 106 valence electrons. The SMILES string of the molecule is CN(C)[C@H]1COC[C@@H]1OC(=O)ON1C(=O)CCC1=O. The Morgan fingerprint density at radius 1 is 1.26 bits per heavy atom. The van der Waals surface area contributed by atoms with E-state index in [0.717, 1.165) is 0 Å². The summed E-state index contributed by atoms with van der Waals surface area (Å²) < 4.78 is 10.3. The van der Waals surface area contributed by atoms with Crippen LogP contribution in [-0.4, -0.2) is 67.4 Å². The Labute approximate surface area is 110 Å². The fourth-order valence-electron chi connectivity index (χ4n) is 2.00. The first-order valence-electron chi connectivity index (χ1n) is 5.97. The van der Waals surface area contributed by atoms with Crippen LogP contribution in [-0.2, 0) is 23.9 Å². The molecule has 0 spiro atoms. The molecule has 0 radical (unpaired) electrons. The average molecular weight is 272 g/mol. The minimum absolute atomic E-state index is 0.0545. The smallest absolute Gasteiger partial charge is 0.425 e. The van der Waals surface area contributed by atoms with E-state index >= 15 is 0 Å². The highest BCUT2D eigenvalue weighted by Crippen LogP contribution is 2.17. The van der Waals surface area contributed by atoms with Crippen molar-refractivity contribution in [1.82, 2.24) is 9.96 Å². The summed E-state index contributed by atoms with van der Waals surface area (Å²) in [4.78, 5) is 40.6. The highest BCUT2D eigenvalue weighted by Gasteiger charge is 2.37. The molecule has 0 aromatic carbocycles. The molecule has 2 amide bonds. The first-order chi connectivity index (χ1) is 8.99. The number of likely N-dealkylation sites (N-methyl/N-ethyl adjacent to an activating group) is 1. The zero-order valence-electron chi connectivity index (χ0n) is 10.8. The molecule has 19 heavy (non-hydrogen) atoms. The summed E-state index contributed by atoms with van der Waals surface area (Å²) in [6.07, 6.45) is -1.43. The van der Waals surface area contributed by atoms with Gasteiger partial charge in [0.15, 0.2) is 0 Å². The maximum atomic E-state index is 11.5. The molecule has 2 aliphatic rings. The molecule has 2 heterocycles. The summed E-state index contributed by atoms with van der Waals surface area (Å²) in [7, 11) is 3.68. The van der Waals surface area contributed by atoms with Crippen LogP contribution in [0.25, 0.3) is 0 Å². The van der Waals surface area contributed by atoms with E-state index in [1.165, 1.54) is 0 Å². The van der Waals surface area contributed by atoms with Crippen molar-refractivity contribution in [3.05, 3.63) is 0 Å². The molecule has 2 rings (SSSR count). The second-order valence-corrected chi connectivity index (χ2v) is 4.65. The number of carbonyl (C=O) groups excluding carboxylic acids is 3. The summed E-state index contributed by atoms with van der Waals surface area (Å²) in [6.45, 7) is 0.715. The number of hydrogen-bond acceptors (Lipinski definition) is 7. The Balaban J connectivity index is 1.87. The van der Waals surface area contributed by atoms with Gasteiger partial charge in [0.1, 0.15) is 6.10 Å². The molecule has 2 fully saturated rings. The van der Waals surface area contributed by atoms with Gasteiger partial charge in [-0.05, 0) is 14.1 Å². The summed E-state index contributed by atoms with van der Waals surface area (Å²) in [5.41, 5.74) is 0. The number of hydroxylamine groups is 2. The number of rotatable bonds is 3. The minimum Gasteiger partial charge on any atom is -0.425 e. The first-order valence-corrected chi connectivity index (χ1v) is 5.97. The summed E-state index contributed by atoms with van der Waals surface area (Å²) >= 11 is 0. The number of imide groups is 1. The van der Waals surface area contributed by atoms with Gasteiger partial charge in [0, 0.05) is 12.8 Å². The van der Waals surface area contributed by atoms with Crippen molar-refractivity contribution in [2.24, 2.45) is 0 Å². The normalized spacial score (nSPS) is 27.2. The topological polar surface area (TPSA) is 85.4 Å². The van der Waals surface area contributed by atoms with Crippen LogP contribution in [0.3, 0.4) is 0 Å². The van der Waals surface area contributed by atoms with Gasteiger partial charge in [0.05, 0.1) is 19.3 Å². The third-order valence-corrected chi connectivity index (χ3v) is 3.08. The molecule has 2 saturated heterocycles. The van der Waals surface area contributed by atoms with Crippen molar-refractivity contribution in [2.75, 3.05) is 27.3 Å². The molecule has 0 unspecified atom stereocenters. The summed E-state index contributed by atoms with van der Waals surface area (Å²) in [5, 5.41) is 0.461. The Kier molecular flexibility index (Phi) is 4.01. The lowest BCUT2D eigenvalue weighted by molar-refractivity contribution is -0.179. The van der Waals surface area contributed by atoms with Crippen LogP contribution in [0.5, 0.6) is 0 Å². The number of carbonyl (C=O) groups is 3. The van der Waals surface area contributed by atoms with Crippen LogP contribution < -0.4 is 0 Å². The zero-order valence-corrected chi connectivity index (χ0v) is 10.8. The maximum Gasteiger partial charge on any atom is 0.534 e. The molecule has 0 aromatic rings. The fraction of sp³-hybridized carbons (Fsp3) is 0.727. The van der Waals surface area contributed by atoms with E-state index < -0.39 is 24.1 Å². The number of ether oxygens (including phenoxy) is 2. The molecule has 0 bridgehead atoms. The number of hydrogen-bond donors (Lipinski definition) is 0. The van der Waals surface area contributed by atoms with E-state index in [0.29, 0.717) is 11.7 Å². The molecule has 0 N–H and O–H groups in total. The van der Waals surface area contributed by atoms with Crippen molar-refractivity contribution in [2.45, 2.75) is 25.0 Å².